The number of methoxy groups -OCH3 is 1. The van der Waals surface area contributed by atoms with Gasteiger partial charge in [-0.2, -0.15) is 0 Å². The Kier molecular flexibility index (Phi) is 3.34. The van der Waals surface area contributed by atoms with E-state index in [2.05, 4.69) is 31.7 Å². The Balaban J connectivity index is 1.84. The van der Waals surface area contributed by atoms with Gasteiger partial charge >= 0.3 is 0 Å². The highest BCUT2D eigenvalue weighted by molar-refractivity contribution is 8.01. The number of ketones is 1. The molecule has 1 heterocycles. The van der Waals surface area contributed by atoms with Crippen LogP contribution in [0.4, 0.5) is 0 Å². The molecule has 3 aliphatic carbocycles. The number of rotatable bonds is 4. The van der Waals surface area contributed by atoms with Crippen molar-refractivity contribution in [1.82, 2.24) is 0 Å². The maximum atomic E-state index is 13.2. The molecule has 0 amide bonds. The third-order valence-electron chi connectivity index (χ3n) is 5.56. The standard InChI is InChI=1S/C19H20O3S/c1-4-18(23-13-8-6-5-7-9-13)14-10-12(2)16-15(18)11-22-19(16,21-3)17(14)20/h4-10,14-16H,1,11H2,2-3H3. The maximum Gasteiger partial charge on any atom is 0.236 e. The summed E-state index contributed by atoms with van der Waals surface area (Å²) in [5.74, 6) is -1.15. The Morgan fingerprint density at radius 2 is 2.13 bits per heavy atom. The van der Waals surface area contributed by atoms with Crippen molar-refractivity contribution in [1.29, 1.82) is 0 Å². The smallest absolute Gasteiger partial charge is 0.236 e. The normalized spacial score (nSPS) is 41.0. The van der Waals surface area contributed by atoms with Crippen LogP contribution in [0.5, 0.6) is 0 Å². The van der Waals surface area contributed by atoms with Crippen LogP contribution in [0.2, 0.25) is 0 Å². The van der Waals surface area contributed by atoms with Gasteiger partial charge in [0.25, 0.3) is 0 Å². The fourth-order valence-corrected chi connectivity index (χ4v) is 6.00. The first kappa shape index (κ1) is 15.2. The molecule has 1 aromatic carbocycles. The number of hydrogen-bond donors (Lipinski definition) is 0. The van der Waals surface area contributed by atoms with Crippen molar-refractivity contribution < 1.29 is 14.3 Å². The molecule has 4 aliphatic rings. The van der Waals surface area contributed by atoms with Crippen LogP contribution in [-0.2, 0) is 14.3 Å². The predicted octanol–water partition coefficient (Wildman–Crippen LogP) is 3.47. The third kappa shape index (κ3) is 1.77. The van der Waals surface area contributed by atoms with Crippen molar-refractivity contribution in [3.05, 3.63) is 54.6 Å². The number of hydrogen-bond acceptors (Lipinski definition) is 4. The molecule has 23 heavy (non-hydrogen) atoms. The number of benzene rings is 1. The number of Topliss-reactive ketones (excluding diaryl/α,β-unsaturated/α-hetero) is 1. The van der Waals surface area contributed by atoms with Crippen LogP contribution < -0.4 is 0 Å². The third-order valence-corrected chi connectivity index (χ3v) is 7.15. The molecular weight excluding hydrogens is 308 g/mol. The van der Waals surface area contributed by atoms with Gasteiger partial charge in [0, 0.05) is 23.8 Å². The number of carbonyl (C=O) groups is 1. The number of carbonyl (C=O) groups excluding carboxylic acids is 1. The van der Waals surface area contributed by atoms with Crippen LogP contribution in [0.1, 0.15) is 6.92 Å². The lowest BCUT2D eigenvalue weighted by Crippen LogP contribution is -2.64. The average molecular weight is 328 g/mol. The summed E-state index contributed by atoms with van der Waals surface area (Å²) in [4.78, 5) is 14.3. The maximum absolute atomic E-state index is 13.2. The van der Waals surface area contributed by atoms with Gasteiger partial charge in [0.1, 0.15) is 0 Å². The number of thioether (sulfide) groups is 1. The molecular formula is C19H20O3S. The number of ether oxygens (including phenoxy) is 2. The van der Waals surface area contributed by atoms with Crippen molar-refractivity contribution in [2.45, 2.75) is 22.4 Å². The SMILES string of the molecule is C=CC1(Sc2ccccc2)C2C=C(C)C3C1COC3(OC)C2=O. The molecule has 0 spiro atoms. The summed E-state index contributed by atoms with van der Waals surface area (Å²) in [5, 5.41) is 0. The summed E-state index contributed by atoms with van der Waals surface area (Å²) in [7, 11) is 1.58. The van der Waals surface area contributed by atoms with E-state index < -0.39 is 5.79 Å². The lowest BCUT2D eigenvalue weighted by molar-refractivity contribution is -0.216. The molecule has 1 aliphatic heterocycles. The molecule has 0 N–H and O–H groups in total. The summed E-state index contributed by atoms with van der Waals surface area (Å²) >= 11 is 1.73. The summed E-state index contributed by atoms with van der Waals surface area (Å²) < 4.78 is 11.2. The van der Waals surface area contributed by atoms with E-state index in [9.17, 15) is 4.79 Å². The zero-order chi connectivity index (χ0) is 16.2. The van der Waals surface area contributed by atoms with Gasteiger partial charge in [-0.15, -0.1) is 18.3 Å². The Morgan fingerprint density at radius 3 is 2.78 bits per heavy atom. The Labute approximate surface area is 140 Å². The van der Waals surface area contributed by atoms with Crippen LogP contribution in [0.25, 0.3) is 0 Å². The molecule has 4 bridgehead atoms. The minimum Gasteiger partial charge on any atom is -0.346 e. The molecule has 1 aromatic rings. The quantitative estimate of drug-likeness (QED) is 0.793. The predicted molar refractivity (Wildman–Crippen MR) is 90.2 cm³/mol. The van der Waals surface area contributed by atoms with Gasteiger partial charge in [-0.1, -0.05) is 35.9 Å². The minimum atomic E-state index is -1.09. The van der Waals surface area contributed by atoms with Gasteiger partial charge < -0.3 is 9.47 Å². The molecule has 3 nitrogen and oxygen atoms in total. The van der Waals surface area contributed by atoms with E-state index in [0.29, 0.717) is 6.61 Å². The number of allylic oxidation sites excluding steroid dienone is 1. The van der Waals surface area contributed by atoms with E-state index in [1.165, 1.54) is 5.57 Å². The second-order valence-corrected chi connectivity index (χ2v) is 7.87. The fraction of sp³-hybridized carbons (Fsp3) is 0.421. The summed E-state index contributed by atoms with van der Waals surface area (Å²) in [6, 6.07) is 10.2. The van der Waals surface area contributed by atoms with Crippen LogP contribution >= 0.6 is 11.8 Å². The van der Waals surface area contributed by atoms with E-state index >= 15 is 0 Å². The molecule has 2 fully saturated rings. The lowest BCUT2D eigenvalue weighted by atomic mass is 9.57. The van der Waals surface area contributed by atoms with E-state index in [0.717, 1.165) is 4.90 Å². The molecule has 4 heteroatoms. The van der Waals surface area contributed by atoms with Crippen molar-refractivity contribution in [2.24, 2.45) is 17.8 Å². The second-order valence-electron chi connectivity index (χ2n) is 6.49. The molecule has 0 radical (unpaired) electrons. The highest BCUT2D eigenvalue weighted by Gasteiger charge is 2.72. The summed E-state index contributed by atoms with van der Waals surface area (Å²) in [5.41, 5.74) is 1.20. The first-order valence-electron chi connectivity index (χ1n) is 7.88. The van der Waals surface area contributed by atoms with Crippen LogP contribution in [0.3, 0.4) is 0 Å². The molecule has 1 saturated carbocycles. The van der Waals surface area contributed by atoms with Gasteiger partial charge in [0.15, 0.2) is 0 Å². The zero-order valence-corrected chi connectivity index (χ0v) is 14.1. The second kappa shape index (κ2) is 5.07. The molecule has 5 rings (SSSR count). The van der Waals surface area contributed by atoms with E-state index in [1.807, 2.05) is 24.3 Å². The minimum absolute atomic E-state index is 0.0285. The molecule has 5 unspecified atom stereocenters. The van der Waals surface area contributed by atoms with Crippen LogP contribution in [-0.4, -0.2) is 30.0 Å². The highest BCUT2D eigenvalue weighted by Crippen LogP contribution is 2.64. The van der Waals surface area contributed by atoms with Gasteiger partial charge in [-0.3, -0.25) is 4.79 Å². The van der Waals surface area contributed by atoms with Gasteiger partial charge in [-0.05, 0) is 19.1 Å². The van der Waals surface area contributed by atoms with E-state index in [-0.39, 0.29) is 28.3 Å². The summed E-state index contributed by atoms with van der Waals surface area (Å²) in [6.07, 6.45) is 4.06. The first-order chi connectivity index (χ1) is 11.1. The Hall–Kier alpha value is -1.36. The van der Waals surface area contributed by atoms with E-state index in [1.54, 1.807) is 18.9 Å². The van der Waals surface area contributed by atoms with Gasteiger partial charge in [0.05, 0.1) is 17.3 Å². The van der Waals surface area contributed by atoms with Crippen molar-refractivity contribution >= 4 is 17.5 Å². The molecule has 0 aromatic heterocycles. The molecule has 120 valence electrons. The molecule has 5 atom stereocenters. The fourth-order valence-electron chi connectivity index (χ4n) is 4.56. The Morgan fingerprint density at radius 1 is 1.39 bits per heavy atom. The largest absolute Gasteiger partial charge is 0.346 e. The first-order valence-corrected chi connectivity index (χ1v) is 8.70. The lowest BCUT2D eigenvalue weighted by Gasteiger charge is -2.53. The highest BCUT2D eigenvalue weighted by atomic mass is 32.2. The average Bonchev–Trinajstić information content (AvgIpc) is 2.96. The Bertz CT molecular complexity index is 698. The van der Waals surface area contributed by atoms with Crippen LogP contribution in [0, 0.1) is 17.8 Å². The van der Waals surface area contributed by atoms with Crippen LogP contribution in [0.15, 0.2) is 59.5 Å². The van der Waals surface area contributed by atoms with Gasteiger partial charge in [-0.25, -0.2) is 0 Å². The molecule has 1 saturated heterocycles. The van der Waals surface area contributed by atoms with E-state index in [4.69, 9.17) is 9.47 Å². The summed E-state index contributed by atoms with van der Waals surface area (Å²) in [6.45, 7) is 6.71. The van der Waals surface area contributed by atoms with Gasteiger partial charge in [0.2, 0.25) is 11.6 Å². The van der Waals surface area contributed by atoms with Crippen molar-refractivity contribution in [3.63, 3.8) is 0 Å². The zero-order valence-electron chi connectivity index (χ0n) is 13.3. The monoisotopic (exact) mass is 328 g/mol. The van der Waals surface area contributed by atoms with Crippen molar-refractivity contribution in [3.8, 4) is 0 Å². The van der Waals surface area contributed by atoms with Crippen molar-refractivity contribution in [2.75, 3.05) is 13.7 Å². The topological polar surface area (TPSA) is 35.5 Å².